The first-order chi connectivity index (χ1) is 17.2. The van der Waals surface area contributed by atoms with Crippen LogP contribution in [0.15, 0.2) is 42.6 Å². The molecule has 0 spiro atoms. The van der Waals surface area contributed by atoms with Crippen LogP contribution in [0.2, 0.25) is 0 Å². The molecule has 0 bridgehead atoms. The van der Waals surface area contributed by atoms with E-state index in [0.717, 1.165) is 30.7 Å². The minimum absolute atomic E-state index is 0.0320. The van der Waals surface area contributed by atoms with Gasteiger partial charge in [0.05, 0.1) is 19.7 Å². The smallest absolute Gasteiger partial charge is 0.410 e. The van der Waals surface area contributed by atoms with Gasteiger partial charge < -0.3 is 28.7 Å². The van der Waals surface area contributed by atoms with Gasteiger partial charge in [0.25, 0.3) is 5.88 Å². The molecule has 1 saturated heterocycles. The van der Waals surface area contributed by atoms with Crippen molar-refractivity contribution < 1.29 is 28.5 Å². The summed E-state index contributed by atoms with van der Waals surface area (Å²) in [6.45, 7) is 9.09. The lowest BCUT2D eigenvalue weighted by Gasteiger charge is -2.27. The minimum atomic E-state index is -0.617. The van der Waals surface area contributed by atoms with E-state index in [9.17, 15) is 9.59 Å². The first-order valence-electron chi connectivity index (χ1n) is 12.2. The van der Waals surface area contributed by atoms with Crippen molar-refractivity contribution in [2.45, 2.75) is 58.7 Å². The molecule has 0 radical (unpaired) electrons. The Labute approximate surface area is 213 Å². The van der Waals surface area contributed by atoms with E-state index in [1.165, 1.54) is 0 Å². The second-order valence-electron chi connectivity index (χ2n) is 9.72. The highest BCUT2D eigenvalue weighted by molar-refractivity contribution is 5.73. The quantitative estimate of drug-likeness (QED) is 0.481. The molecule has 36 heavy (non-hydrogen) atoms. The van der Waals surface area contributed by atoms with E-state index in [-0.39, 0.29) is 18.6 Å². The molecule has 9 nitrogen and oxygen atoms in total. The molecule has 1 fully saturated rings. The number of hydrogen-bond donors (Lipinski definition) is 0. The first kappa shape index (κ1) is 27.1. The molecular weight excluding hydrogens is 462 g/mol. The van der Waals surface area contributed by atoms with E-state index < -0.39 is 11.7 Å². The third-order valence-corrected chi connectivity index (χ3v) is 5.73. The van der Waals surface area contributed by atoms with Gasteiger partial charge in [-0.05, 0) is 63.4 Å². The summed E-state index contributed by atoms with van der Waals surface area (Å²) < 4.78 is 22.7. The van der Waals surface area contributed by atoms with Crippen molar-refractivity contribution in [3.63, 3.8) is 0 Å². The summed E-state index contributed by atoms with van der Waals surface area (Å²) in [5, 5.41) is 0. The molecule has 2 amide bonds. The molecule has 1 aromatic carbocycles. The number of methoxy groups -OCH3 is 1. The Bertz CT molecular complexity index is 1010. The second-order valence-corrected chi connectivity index (χ2v) is 9.72. The molecule has 9 heteroatoms. The Kier molecular flexibility index (Phi) is 9.38. The number of carbonyl (C=O) groups is 2. The third kappa shape index (κ3) is 8.03. The highest BCUT2D eigenvalue weighted by Gasteiger charge is 2.27. The fourth-order valence-corrected chi connectivity index (χ4v) is 3.97. The van der Waals surface area contributed by atoms with Crippen LogP contribution in [0.4, 0.5) is 4.79 Å². The van der Waals surface area contributed by atoms with Crippen molar-refractivity contribution in [3.05, 3.63) is 48.2 Å². The number of aromatic nitrogens is 1. The Balaban J connectivity index is 1.62. The fraction of sp³-hybridized carbons (Fsp3) is 0.519. The van der Waals surface area contributed by atoms with Crippen LogP contribution >= 0.6 is 0 Å². The topological polar surface area (TPSA) is 90.4 Å². The molecule has 196 valence electrons. The Morgan fingerprint density at radius 2 is 1.89 bits per heavy atom. The maximum atomic E-state index is 12.9. The molecule has 0 unspecified atom stereocenters. The average Bonchev–Trinajstić information content (AvgIpc) is 3.31. The third-order valence-electron chi connectivity index (χ3n) is 5.73. The summed E-state index contributed by atoms with van der Waals surface area (Å²) >= 11 is 0. The number of carbonyl (C=O) groups excluding carboxylic acids is 2. The average molecular weight is 500 g/mol. The highest BCUT2D eigenvalue weighted by Crippen LogP contribution is 2.26. The summed E-state index contributed by atoms with van der Waals surface area (Å²) in [5.41, 5.74) is 0.327. The molecule has 0 saturated carbocycles. The van der Waals surface area contributed by atoms with Crippen molar-refractivity contribution in [1.82, 2.24) is 14.8 Å². The summed E-state index contributed by atoms with van der Waals surface area (Å²) in [4.78, 5) is 32.5. The number of rotatable bonds is 10. The van der Waals surface area contributed by atoms with Gasteiger partial charge in [-0.1, -0.05) is 12.1 Å². The number of hydrogen-bond acceptors (Lipinski definition) is 7. The van der Waals surface area contributed by atoms with Crippen LogP contribution in [0.25, 0.3) is 0 Å². The van der Waals surface area contributed by atoms with Gasteiger partial charge >= 0.3 is 6.09 Å². The van der Waals surface area contributed by atoms with Crippen molar-refractivity contribution in [1.29, 1.82) is 0 Å². The largest absolute Gasteiger partial charge is 0.497 e. The van der Waals surface area contributed by atoms with Gasteiger partial charge in [0.2, 0.25) is 5.91 Å². The number of likely N-dealkylation sites (tertiary alicyclic amines) is 1. The Morgan fingerprint density at radius 1 is 1.14 bits per heavy atom. The maximum absolute atomic E-state index is 12.9. The lowest BCUT2D eigenvalue weighted by molar-refractivity contribution is -0.130. The van der Waals surface area contributed by atoms with E-state index in [2.05, 4.69) is 4.98 Å². The Hall–Kier alpha value is -3.49. The zero-order valence-corrected chi connectivity index (χ0v) is 21.9. The van der Waals surface area contributed by atoms with Gasteiger partial charge in [0.15, 0.2) is 5.75 Å². The zero-order chi connectivity index (χ0) is 26.1. The lowest BCUT2D eigenvalue weighted by Crippen LogP contribution is -2.38. The molecule has 2 heterocycles. The molecule has 0 N–H and O–H groups in total. The van der Waals surface area contributed by atoms with Gasteiger partial charge in [0, 0.05) is 26.2 Å². The van der Waals surface area contributed by atoms with Gasteiger partial charge in [-0.25, -0.2) is 9.78 Å². The summed E-state index contributed by atoms with van der Waals surface area (Å²) in [6, 6.07) is 11.1. The highest BCUT2D eigenvalue weighted by atomic mass is 16.6. The van der Waals surface area contributed by atoms with Crippen LogP contribution in [0.1, 0.15) is 46.1 Å². The summed E-state index contributed by atoms with van der Waals surface area (Å²) in [7, 11) is 1.61. The Morgan fingerprint density at radius 3 is 2.56 bits per heavy atom. The molecule has 1 aliphatic heterocycles. The predicted octanol–water partition coefficient (Wildman–Crippen LogP) is 4.30. The van der Waals surface area contributed by atoms with Gasteiger partial charge in [0.1, 0.15) is 24.6 Å². The molecule has 0 aliphatic carbocycles. The van der Waals surface area contributed by atoms with Crippen LogP contribution in [-0.2, 0) is 16.1 Å². The first-order valence-corrected chi connectivity index (χ1v) is 12.2. The standard InChI is InChI=1S/C27H37N3O6/c1-20(31)30-15-7-8-22(30)19-35-25-24(9-6-14-28-25)34-17-16-29(26(32)36-27(2,3)4)18-21-10-12-23(33-5)13-11-21/h6,9-14,22H,7-8,15-19H2,1-5H3/t22-/m1/s1. The molecule has 1 aromatic heterocycles. The van der Waals surface area contributed by atoms with E-state index in [1.807, 2.05) is 49.9 Å². The van der Waals surface area contributed by atoms with Crippen LogP contribution in [-0.4, -0.2) is 71.8 Å². The molecular formula is C27H37N3O6. The van der Waals surface area contributed by atoms with Crippen LogP contribution in [0, 0.1) is 0 Å². The van der Waals surface area contributed by atoms with Crippen molar-refractivity contribution in [2.75, 3.05) is 33.4 Å². The fourth-order valence-electron chi connectivity index (χ4n) is 3.97. The number of pyridine rings is 1. The van der Waals surface area contributed by atoms with Crippen LogP contribution in [0.5, 0.6) is 17.4 Å². The van der Waals surface area contributed by atoms with Crippen molar-refractivity contribution in [2.24, 2.45) is 0 Å². The molecule has 1 aliphatic rings. The van der Waals surface area contributed by atoms with Crippen molar-refractivity contribution in [3.8, 4) is 17.4 Å². The minimum Gasteiger partial charge on any atom is -0.497 e. The number of nitrogens with zero attached hydrogens (tertiary/aromatic N) is 3. The summed E-state index contributed by atoms with van der Waals surface area (Å²) in [5.74, 6) is 1.65. The SMILES string of the molecule is COc1ccc(CN(CCOc2cccnc2OC[C@H]2CCCN2C(C)=O)C(=O)OC(C)(C)C)cc1. The molecule has 2 aromatic rings. The number of ether oxygens (including phenoxy) is 4. The molecule has 1 atom stereocenters. The van der Waals surface area contributed by atoms with E-state index in [0.29, 0.717) is 31.3 Å². The zero-order valence-electron chi connectivity index (χ0n) is 21.9. The number of amides is 2. The number of benzene rings is 1. The normalized spacial score (nSPS) is 15.4. The lowest BCUT2D eigenvalue weighted by atomic mass is 10.2. The van der Waals surface area contributed by atoms with Gasteiger partial charge in [-0.15, -0.1) is 0 Å². The molecule has 3 rings (SSSR count). The van der Waals surface area contributed by atoms with Crippen molar-refractivity contribution >= 4 is 12.0 Å². The van der Waals surface area contributed by atoms with Gasteiger partial charge in [-0.3, -0.25) is 4.79 Å². The second kappa shape index (κ2) is 12.5. The monoisotopic (exact) mass is 499 g/mol. The predicted molar refractivity (Wildman–Crippen MR) is 135 cm³/mol. The van der Waals surface area contributed by atoms with E-state index >= 15 is 0 Å². The van der Waals surface area contributed by atoms with E-state index in [4.69, 9.17) is 18.9 Å². The van der Waals surface area contributed by atoms with E-state index in [1.54, 1.807) is 37.3 Å². The van der Waals surface area contributed by atoms with Crippen LogP contribution in [0.3, 0.4) is 0 Å². The maximum Gasteiger partial charge on any atom is 0.410 e. The van der Waals surface area contributed by atoms with Crippen LogP contribution < -0.4 is 14.2 Å². The summed E-state index contributed by atoms with van der Waals surface area (Å²) in [6.07, 6.45) is 3.08. The van der Waals surface area contributed by atoms with Gasteiger partial charge in [-0.2, -0.15) is 0 Å².